The van der Waals surface area contributed by atoms with Crippen LogP contribution in [0.5, 0.6) is 0 Å². The second-order valence-electron chi connectivity index (χ2n) is 6.00. The largest absolute Gasteiger partial charge is 0.369 e. The van der Waals surface area contributed by atoms with Crippen molar-refractivity contribution in [3.8, 4) is 0 Å². The first kappa shape index (κ1) is 14.0. The minimum Gasteiger partial charge on any atom is -0.369 e. The smallest absolute Gasteiger partial charge is 0.283 e. The van der Waals surface area contributed by atoms with Gasteiger partial charge in [0.2, 0.25) is 0 Å². The Kier molecular flexibility index (Phi) is 3.90. The number of benzene rings is 1. The molecule has 0 bridgehead atoms. The Hall–Kier alpha value is -1.42. The Bertz CT molecular complexity index is 501. The molecule has 0 radical (unpaired) electrons. The van der Waals surface area contributed by atoms with Crippen molar-refractivity contribution in [3.63, 3.8) is 0 Å². The van der Waals surface area contributed by atoms with E-state index in [1.807, 2.05) is 24.3 Å². The lowest BCUT2D eigenvalue weighted by Gasteiger charge is -2.23. The van der Waals surface area contributed by atoms with E-state index >= 15 is 0 Å². The van der Waals surface area contributed by atoms with E-state index in [1.165, 1.54) is 0 Å². The highest BCUT2D eigenvalue weighted by Gasteiger charge is 2.25. The minimum absolute atomic E-state index is 0.0184. The van der Waals surface area contributed by atoms with Crippen molar-refractivity contribution in [3.05, 3.63) is 29.8 Å². The number of amides is 1. The van der Waals surface area contributed by atoms with E-state index < -0.39 is 0 Å². The number of anilines is 1. The molecule has 0 aliphatic heterocycles. The number of carbonyl (C=O) groups is 1. The summed E-state index contributed by atoms with van der Waals surface area (Å²) in [5.74, 6) is -0.224. The summed E-state index contributed by atoms with van der Waals surface area (Å²) >= 11 is 5.11. The molecule has 4 heteroatoms. The van der Waals surface area contributed by atoms with E-state index in [1.54, 1.807) is 0 Å². The van der Waals surface area contributed by atoms with Crippen LogP contribution in [0.25, 0.3) is 0 Å². The molecule has 0 heterocycles. The predicted molar refractivity (Wildman–Crippen MR) is 82.5 cm³/mol. The SMILES string of the molecule is CC(C)(C)c1ccccc1NC(=O)C(=S)NC1CC1. The molecule has 2 rings (SSSR count). The van der Waals surface area contributed by atoms with Gasteiger partial charge in [0.15, 0.2) is 4.99 Å². The molecule has 1 aromatic rings. The molecule has 1 aliphatic rings. The first-order chi connectivity index (χ1) is 8.88. The van der Waals surface area contributed by atoms with Gasteiger partial charge in [-0.1, -0.05) is 51.2 Å². The third kappa shape index (κ3) is 3.77. The fraction of sp³-hybridized carbons (Fsp3) is 0.467. The van der Waals surface area contributed by atoms with E-state index in [0.29, 0.717) is 6.04 Å². The maximum atomic E-state index is 12.0. The van der Waals surface area contributed by atoms with Crippen LogP contribution in [0.15, 0.2) is 24.3 Å². The highest BCUT2D eigenvalue weighted by Crippen LogP contribution is 2.29. The van der Waals surface area contributed by atoms with Crippen molar-refractivity contribution < 1.29 is 4.79 Å². The summed E-state index contributed by atoms with van der Waals surface area (Å²) in [7, 11) is 0. The summed E-state index contributed by atoms with van der Waals surface area (Å²) < 4.78 is 0. The summed E-state index contributed by atoms with van der Waals surface area (Å²) in [6.45, 7) is 6.37. The van der Waals surface area contributed by atoms with Crippen molar-refractivity contribution in [1.82, 2.24) is 5.32 Å². The molecule has 0 aromatic heterocycles. The van der Waals surface area contributed by atoms with Gasteiger partial charge in [-0.05, 0) is 29.9 Å². The molecule has 1 fully saturated rings. The lowest BCUT2D eigenvalue weighted by atomic mass is 9.86. The van der Waals surface area contributed by atoms with Gasteiger partial charge in [-0.25, -0.2) is 0 Å². The Morgan fingerprint density at radius 2 is 1.89 bits per heavy atom. The van der Waals surface area contributed by atoms with Crippen molar-refractivity contribution in [2.45, 2.75) is 45.1 Å². The molecule has 0 spiro atoms. The number of hydrogen-bond donors (Lipinski definition) is 2. The van der Waals surface area contributed by atoms with Gasteiger partial charge in [0.05, 0.1) is 0 Å². The summed E-state index contributed by atoms with van der Waals surface area (Å²) in [5.41, 5.74) is 1.92. The molecule has 0 atom stereocenters. The lowest BCUT2D eigenvalue weighted by molar-refractivity contribution is -0.110. The molecule has 0 saturated heterocycles. The van der Waals surface area contributed by atoms with E-state index in [9.17, 15) is 4.79 Å². The van der Waals surface area contributed by atoms with E-state index in [-0.39, 0.29) is 16.3 Å². The van der Waals surface area contributed by atoms with Crippen LogP contribution in [-0.2, 0) is 10.2 Å². The molecular weight excluding hydrogens is 256 g/mol. The predicted octanol–water partition coefficient (Wildman–Crippen LogP) is 3.00. The summed E-state index contributed by atoms with van der Waals surface area (Å²) in [6.07, 6.45) is 2.21. The normalized spacial score (nSPS) is 14.9. The average Bonchev–Trinajstić information content (AvgIpc) is 3.12. The Morgan fingerprint density at radius 1 is 1.26 bits per heavy atom. The highest BCUT2D eigenvalue weighted by molar-refractivity contribution is 7.82. The van der Waals surface area contributed by atoms with Gasteiger partial charge in [-0.15, -0.1) is 0 Å². The third-order valence-corrected chi connectivity index (χ3v) is 3.41. The highest BCUT2D eigenvalue weighted by atomic mass is 32.1. The van der Waals surface area contributed by atoms with Crippen LogP contribution in [0.1, 0.15) is 39.2 Å². The fourth-order valence-electron chi connectivity index (χ4n) is 1.90. The van der Waals surface area contributed by atoms with Crippen LogP contribution in [-0.4, -0.2) is 16.9 Å². The van der Waals surface area contributed by atoms with Crippen LogP contribution < -0.4 is 10.6 Å². The second kappa shape index (κ2) is 5.29. The first-order valence-electron chi connectivity index (χ1n) is 6.59. The maximum absolute atomic E-state index is 12.0. The molecule has 1 saturated carbocycles. The van der Waals surface area contributed by atoms with Gasteiger partial charge in [-0.3, -0.25) is 4.79 Å². The summed E-state index contributed by atoms with van der Waals surface area (Å²) in [5, 5.41) is 5.96. The van der Waals surface area contributed by atoms with E-state index in [0.717, 1.165) is 24.1 Å². The average molecular weight is 276 g/mol. The zero-order valence-corrected chi connectivity index (χ0v) is 12.4. The van der Waals surface area contributed by atoms with Crippen molar-refractivity contribution in [1.29, 1.82) is 0 Å². The van der Waals surface area contributed by atoms with Crippen molar-refractivity contribution in [2.24, 2.45) is 0 Å². The molecular formula is C15H20N2OS. The van der Waals surface area contributed by atoms with Crippen LogP contribution in [0.3, 0.4) is 0 Å². The topological polar surface area (TPSA) is 41.1 Å². The number of para-hydroxylation sites is 1. The maximum Gasteiger partial charge on any atom is 0.283 e. The van der Waals surface area contributed by atoms with Crippen molar-refractivity contribution in [2.75, 3.05) is 5.32 Å². The zero-order valence-electron chi connectivity index (χ0n) is 11.6. The number of hydrogen-bond acceptors (Lipinski definition) is 2. The third-order valence-electron chi connectivity index (χ3n) is 3.10. The van der Waals surface area contributed by atoms with Crippen LogP contribution >= 0.6 is 12.2 Å². The Balaban J connectivity index is 2.09. The minimum atomic E-state index is -0.224. The molecule has 102 valence electrons. The quantitative estimate of drug-likeness (QED) is 0.816. The second-order valence-corrected chi connectivity index (χ2v) is 6.41. The molecule has 2 N–H and O–H groups in total. The monoisotopic (exact) mass is 276 g/mol. The zero-order chi connectivity index (χ0) is 14.0. The number of rotatable bonds is 2. The van der Waals surface area contributed by atoms with Gasteiger partial charge in [0, 0.05) is 11.7 Å². The van der Waals surface area contributed by atoms with Crippen LogP contribution in [0, 0.1) is 0 Å². The number of thiocarbonyl (C=S) groups is 1. The first-order valence-corrected chi connectivity index (χ1v) is 7.00. The van der Waals surface area contributed by atoms with E-state index in [2.05, 4.69) is 31.4 Å². The summed E-state index contributed by atoms with van der Waals surface area (Å²) in [6, 6.07) is 8.25. The van der Waals surface area contributed by atoms with Crippen molar-refractivity contribution >= 4 is 28.8 Å². The Labute approximate surface area is 119 Å². The summed E-state index contributed by atoms with van der Waals surface area (Å²) in [4.78, 5) is 12.3. The molecule has 0 unspecified atom stereocenters. The number of carbonyl (C=O) groups excluding carboxylic acids is 1. The number of nitrogens with one attached hydrogen (secondary N) is 2. The standard InChI is InChI=1S/C15H20N2OS/c1-15(2,3)11-6-4-5-7-12(11)17-13(18)14(19)16-10-8-9-10/h4-7,10H,8-9H2,1-3H3,(H,16,19)(H,17,18). The molecule has 1 aromatic carbocycles. The molecule has 1 amide bonds. The molecule has 19 heavy (non-hydrogen) atoms. The van der Waals surface area contributed by atoms with Gasteiger partial charge in [0.25, 0.3) is 5.91 Å². The van der Waals surface area contributed by atoms with Gasteiger partial charge >= 0.3 is 0 Å². The Morgan fingerprint density at radius 3 is 2.47 bits per heavy atom. The molecule has 3 nitrogen and oxygen atoms in total. The lowest BCUT2D eigenvalue weighted by Crippen LogP contribution is -2.35. The van der Waals surface area contributed by atoms with Gasteiger partial charge in [-0.2, -0.15) is 0 Å². The van der Waals surface area contributed by atoms with Gasteiger partial charge in [0.1, 0.15) is 0 Å². The van der Waals surface area contributed by atoms with Crippen LogP contribution in [0.4, 0.5) is 5.69 Å². The fourth-order valence-corrected chi connectivity index (χ4v) is 2.12. The van der Waals surface area contributed by atoms with Gasteiger partial charge < -0.3 is 10.6 Å². The van der Waals surface area contributed by atoms with E-state index in [4.69, 9.17) is 12.2 Å². The van der Waals surface area contributed by atoms with Crippen LogP contribution in [0.2, 0.25) is 0 Å². The molecule has 1 aliphatic carbocycles.